The molecule has 84 valence electrons. The van der Waals surface area contributed by atoms with Crippen LogP contribution in [-0.2, 0) is 17.1 Å². The smallest absolute Gasteiger partial charge is 0.260 e. The summed E-state index contributed by atoms with van der Waals surface area (Å²) in [6, 6.07) is 1.46. The molecule has 0 saturated carbocycles. The molecule has 6 nitrogen and oxygen atoms in total. The summed E-state index contributed by atoms with van der Waals surface area (Å²) in [5.41, 5.74) is 0. The number of β-amino-alcohol motifs (C(OH)–C–C–N with tert-alkyl or cyclic N) is 1. The quantitative estimate of drug-likeness (QED) is 0.721. The van der Waals surface area contributed by atoms with Crippen molar-refractivity contribution in [2.75, 3.05) is 13.1 Å². The maximum atomic E-state index is 12.0. The minimum absolute atomic E-state index is 0.164. The highest BCUT2D eigenvalue weighted by atomic mass is 32.2. The first-order valence-electron chi connectivity index (χ1n) is 4.68. The molecule has 1 aromatic heterocycles. The summed E-state index contributed by atoms with van der Waals surface area (Å²) in [5, 5.41) is 13.3. The van der Waals surface area contributed by atoms with Gasteiger partial charge in [-0.15, -0.1) is 0 Å². The van der Waals surface area contributed by atoms with Crippen molar-refractivity contribution in [2.24, 2.45) is 7.05 Å². The van der Waals surface area contributed by atoms with Gasteiger partial charge in [0.2, 0.25) is 0 Å². The van der Waals surface area contributed by atoms with Crippen LogP contribution in [0, 0.1) is 0 Å². The zero-order valence-electron chi connectivity index (χ0n) is 8.37. The van der Waals surface area contributed by atoms with E-state index in [0.717, 1.165) is 0 Å². The highest BCUT2D eigenvalue weighted by molar-refractivity contribution is 7.89. The Kier molecular flexibility index (Phi) is 2.53. The number of aliphatic hydroxyl groups excluding tert-OH is 1. The van der Waals surface area contributed by atoms with Gasteiger partial charge >= 0.3 is 0 Å². The topological polar surface area (TPSA) is 75.4 Å². The molecular formula is C8H13N3O3S. The molecule has 1 aliphatic rings. The molecular weight excluding hydrogens is 218 g/mol. The predicted molar refractivity (Wildman–Crippen MR) is 52.6 cm³/mol. The van der Waals surface area contributed by atoms with Crippen molar-refractivity contribution in [1.82, 2.24) is 14.1 Å². The second-order valence-electron chi connectivity index (χ2n) is 3.60. The summed E-state index contributed by atoms with van der Waals surface area (Å²) in [4.78, 5) is 0. The number of aromatic nitrogens is 2. The average molecular weight is 231 g/mol. The first-order chi connectivity index (χ1) is 7.01. The number of rotatable bonds is 2. The Morgan fingerprint density at radius 3 is 2.80 bits per heavy atom. The molecule has 0 unspecified atom stereocenters. The molecule has 1 saturated heterocycles. The largest absolute Gasteiger partial charge is 0.392 e. The van der Waals surface area contributed by atoms with Crippen LogP contribution in [0.5, 0.6) is 0 Å². The fourth-order valence-corrected chi connectivity index (χ4v) is 3.27. The van der Waals surface area contributed by atoms with E-state index < -0.39 is 16.1 Å². The van der Waals surface area contributed by atoms with Gasteiger partial charge in [-0.2, -0.15) is 9.40 Å². The molecule has 0 bridgehead atoms. The summed E-state index contributed by atoms with van der Waals surface area (Å²) in [6.45, 7) is 0.544. The number of hydrogen-bond donors (Lipinski definition) is 1. The van der Waals surface area contributed by atoms with Gasteiger partial charge in [-0.05, 0) is 12.5 Å². The number of hydrogen-bond acceptors (Lipinski definition) is 4. The van der Waals surface area contributed by atoms with E-state index in [0.29, 0.717) is 13.0 Å². The molecule has 2 rings (SSSR count). The van der Waals surface area contributed by atoms with Crippen molar-refractivity contribution < 1.29 is 13.5 Å². The van der Waals surface area contributed by atoms with Crippen LogP contribution in [0.25, 0.3) is 0 Å². The zero-order valence-corrected chi connectivity index (χ0v) is 9.18. The van der Waals surface area contributed by atoms with E-state index in [4.69, 9.17) is 0 Å². The van der Waals surface area contributed by atoms with Crippen LogP contribution in [0.15, 0.2) is 17.3 Å². The first-order valence-corrected chi connectivity index (χ1v) is 6.12. The lowest BCUT2D eigenvalue weighted by molar-refractivity contribution is 0.189. The van der Waals surface area contributed by atoms with Gasteiger partial charge in [0.05, 0.1) is 12.3 Å². The standard InChI is InChI=1S/C8H13N3O3S/c1-10-8(2-4-9-10)15(13,14)11-5-3-7(12)6-11/h2,4,7,12H,3,5-6H2,1H3/t7-/m0/s1. The van der Waals surface area contributed by atoms with E-state index in [2.05, 4.69) is 5.10 Å². The van der Waals surface area contributed by atoms with Crippen LogP contribution in [-0.4, -0.2) is 46.8 Å². The van der Waals surface area contributed by atoms with Crippen LogP contribution in [0.2, 0.25) is 0 Å². The van der Waals surface area contributed by atoms with Gasteiger partial charge < -0.3 is 5.11 Å². The second kappa shape index (κ2) is 3.58. The van der Waals surface area contributed by atoms with Gasteiger partial charge in [-0.1, -0.05) is 0 Å². The predicted octanol–water partition coefficient (Wildman–Crippen LogP) is -0.825. The Morgan fingerprint density at radius 2 is 2.33 bits per heavy atom. The number of nitrogens with zero attached hydrogens (tertiary/aromatic N) is 3. The summed E-state index contributed by atoms with van der Waals surface area (Å²) in [6.07, 6.45) is 1.39. The van der Waals surface area contributed by atoms with Crippen LogP contribution in [0.4, 0.5) is 0 Å². The maximum Gasteiger partial charge on any atom is 0.260 e. The van der Waals surface area contributed by atoms with Gasteiger partial charge in [0.15, 0.2) is 5.03 Å². The van der Waals surface area contributed by atoms with Gasteiger partial charge in [0, 0.05) is 20.1 Å². The number of aryl methyl sites for hydroxylation is 1. The van der Waals surface area contributed by atoms with Gasteiger partial charge in [-0.25, -0.2) is 8.42 Å². The highest BCUT2D eigenvalue weighted by Gasteiger charge is 2.33. The average Bonchev–Trinajstić information content (AvgIpc) is 2.74. The van der Waals surface area contributed by atoms with E-state index >= 15 is 0 Å². The molecule has 2 heterocycles. The fourth-order valence-electron chi connectivity index (χ4n) is 1.68. The van der Waals surface area contributed by atoms with Crippen LogP contribution >= 0.6 is 0 Å². The van der Waals surface area contributed by atoms with Gasteiger partial charge in [0.1, 0.15) is 0 Å². The van der Waals surface area contributed by atoms with Crippen molar-refractivity contribution >= 4 is 10.0 Å². The summed E-state index contributed by atoms with van der Waals surface area (Å²) < 4.78 is 26.6. The van der Waals surface area contributed by atoms with E-state index in [1.54, 1.807) is 7.05 Å². The molecule has 1 aromatic rings. The van der Waals surface area contributed by atoms with Crippen molar-refractivity contribution in [3.63, 3.8) is 0 Å². The molecule has 1 atom stereocenters. The third-order valence-corrected chi connectivity index (χ3v) is 4.45. The Bertz CT molecular complexity index is 453. The summed E-state index contributed by atoms with van der Waals surface area (Å²) in [5.74, 6) is 0. The Balaban J connectivity index is 2.32. The van der Waals surface area contributed by atoms with E-state index in [1.165, 1.54) is 21.3 Å². The van der Waals surface area contributed by atoms with Crippen LogP contribution in [0.1, 0.15) is 6.42 Å². The molecule has 0 aliphatic carbocycles. The van der Waals surface area contributed by atoms with Crippen molar-refractivity contribution in [3.05, 3.63) is 12.3 Å². The molecule has 1 N–H and O–H groups in total. The Labute approximate surface area is 88.2 Å². The lowest BCUT2D eigenvalue weighted by Gasteiger charge is -2.15. The minimum atomic E-state index is -3.49. The monoisotopic (exact) mass is 231 g/mol. The molecule has 0 amide bonds. The van der Waals surface area contributed by atoms with Gasteiger partial charge in [-0.3, -0.25) is 4.68 Å². The molecule has 0 aromatic carbocycles. The number of sulfonamides is 1. The molecule has 1 fully saturated rings. The van der Waals surface area contributed by atoms with Crippen LogP contribution < -0.4 is 0 Å². The zero-order chi connectivity index (χ0) is 11.1. The van der Waals surface area contributed by atoms with E-state index in [1.807, 2.05) is 0 Å². The molecule has 15 heavy (non-hydrogen) atoms. The highest BCUT2D eigenvalue weighted by Crippen LogP contribution is 2.19. The minimum Gasteiger partial charge on any atom is -0.392 e. The Hall–Kier alpha value is -0.920. The normalized spacial score (nSPS) is 23.5. The molecule has 7 heteroatoms. The van der Waals surface area contributed by atoms with E-state index in [-0.39, 0.29) is 11.6 Å². The third-order valence-electron chi connectivity index (χ3n) is 2.51. The lowest BCUT2D eigenvalue weighted by atomic mass is 10.3. The van der Waals surface area contributed by atoms with Crippen LogP contribution in [0.3, 0.4) is 0 Å². The molecule has 0 radical (unpaired) electrons. The number of aliphatic hydroxyl groups is 1. The fraction of sp³-hybridized carbons (Fsp3) is 0.625. The first kappa shape index (κ1) is 10.6. The van der Waals surface area contributed by atoms with E-state index in [9.17, 15) is 13.5 Å². The third kappa shape index (κ3) is 1.77. The van der Waals surface area contributed by atoms with Crippen molar-refractivity contribution in [2.45, 2.75) is 17.6 Å². The SMILES string of the molecule is Cn1nccc1S(=O)(=O)N1CC[C@H](O)C1. The lowest BCUT2D eigenvalue weighted by Crippen LogP contribution is -2.31. The summed E-state index contributed by atoms with van der Waals surface area (Å²) >= 11 is 0. The van der Waals surface area contributed by atoms with Crippen molar-refractivity contribution in [3.8, 4) is 0 Å². The molecule has 0 spiro atoms. The maximum absolute atomic E-state index is 12.0. The summed E-state index contributed by atoms with van der Waals surface area (Å²) in [7, 11) is -1.90. The second-order valence-corrected chi connectivity index (χ2v) is 5.48. The molecule has 1 aliphatic heterocycles. The van der Waals surface area contributed by atoms with Crippen molar-refractivity contribution in [1.29, 1.82) is 0 Å². The Morgan fingerprint density at radius 1 is 1.60 bits per heavy atom. The van der Waals surface area contributed by atoms with Gasteiger partial charge in [0.25, 0.3) is 10.0 Å².